The van der Waals surface area contributed by atoms with Crippen LogP contribution in [0.2, 0.25) is 0 Å². The maximum Gasteiger partial charge on any atom is 0.226 e. The van der Waals surface area contributed by atoms with E-state index in [-0.39, 0.29) is 5.92 Å². The molecule has 0 spiro atoms. The molecule has 0 N–H and O–H groups in total. The summed E-state index contributed by atoms with van der Waals surface area (Å²) in [6.45, 7) is 13.1. The molecule has 1 aliphatic heterocycles. The molecule has 5 nitrogen and oxygen atoms in total. The second-order valence-electron chi connectivity index (χ2n) is 8.33. The van der Waals surface area contributed by atoms with Crippen molar-refractivity contribution in [2.75, 3.05) is 26.2 Å². The van der Waals surface area contributed by atoms with Crippen LogP contribution >= 0.6 is 0 Å². The lowest BCUT2D eigenvalue weighted by Gasteiger charge is -2.34. The van der Waals surface area contributed by atoms with Crippen molar-refractivity contribution in [3.63, 3.8) is 0 Å². The standard InChI is InChI=1S/C23H36N4O/c1-5-7-15-26(6-2)23(28)19-11-10-14-25(16-19)17-22-24-20-12-8-9-13-21(20)27(22)18(3)4/h8-9,12-13,18-19H,5-7,10-11,14-17H2,1-4H3/t19-/m0/s1. The Hall–Kier alpha value is -1.88. The summed E-state index contributed by atoms with van der Waals surface area (Å²) >= 11 is 0. The van der Waals surface area contributed by atoms with Gasteiger partial charge in [0.25, 0.3) is 0 Å². The lowest BCUT2D eigenvalue weighted by molar-refractivity contribution is -0.137. The molecule has 0 unspecified atom stereocenters. The van der Waals surface area contributed by atoms with Crippen LogP contribution in [0, 0.1) is 5.92 Å². The van der Waals surface area contributed by atoms with E-state index in [1.807, 2.05) is 0 Å². The molecule has 0 radical (unpaired) electrons. The van der Waals surface area contributed by atoms with Crippen LogP contribution in [-0.4, -0.2) is 51.4 Å². The summed E-state index contributed by atoms with van der Waals surface area (Å²) in [4.78, 5) is 22.4. The smallest absolute Gasteiger partial charge is 0.226 e. The zero-order valence-corrected chi connectivity index (χ0v) is 18.0. The van der Waals surface area contributed by atoms with Crippen molar-refractivity contribution in [3.05, 3.63) is 30.1 Å². The predicted molar refractivity (Wildman–Crippen MR) is 115 cm³/mol. The fraction of sp³-hybridized carbons (Fsp3) is 0.652. The van der Waals surface area contributed by atoms with Crippen LogP contribution < -0.4 is 0 Å². The van der Waals surface area contributed by atoms with E-state index in [0.717, 1.165) is 69.7 Å². The maximum atomic E-state index is 13.0. The molecule has 0 aliphatic carbocycles. The number of rotatable bonds is 8. The topological polar surface area (TPSA) is 41.4 Å². The van der Waals surface area contributed by atoms with Gasteiger partial charge in [0, 0.05) is 25.7 Å². The number of likely N-dealkylation sites (tertiary alicyclic amines) is 1. The predicted octanol–water partition coefficient (Wildman–Crippen LogP) is 4.48. The van der Waals surface area contributed by atoms with Gasteiger partial charge < -0.3 is 9.47 Å². The zero-order valence-electron chi connectivity index (χ0n) is 18.0. The van der Waals surface area contributed by atoms with E-state index in [0.29, 0.717) is 11.9 Å². The van der Waals surface area contributed by atoms with Gasteiger partial charge >= 0.3 is 0 Å². The molecule has 2 aromatic rings. The Morgan fingerprint density at radius 1 is 1.29 bits per heavy atom. The Morgan fingerprint density at radius 3 is 2.79 bits per heavy atom. The molecule has 154 valence electrons. The molecule has 1 aromatic carbocycles. The van der Waals surface area contributed by atoms with E-state index in [2.05, 4.69) is 66.3 Å². The largest absolute Gasteiger partial charge is 0.343 e. The third-order valence-corrected chi connectivity index (χ3v) is 5.88. The highest BCUT2D eigenvalue weighted by atomic mass is 16.2. The number of fused-ring (bicyclic) bond motifs is 1. The Morgan fingerprint density at radius 2 is 2.07 bits per heavy atom. The zero-order chi connectivity index (χ0) is 20.1. The van der Waals surface area contributed by atoms with Crippen molar-refractivity contribution in [2.45, 2.75) is 66.0 Å². The van der Waals surface area contributed by atoms with Crippen molar-refractivity contribution in [1.82, 2.24) is 19.4 Å². The molecule has 0 bridgehead atoms. The second kappa shape index (κ2) is 9.55. The highest BCUT2D eigenvalue weighted by molar-refractivity contribution is 5.79. The number of unbranched alkanes of at least 4 members (excludes halogenated alkanes) is 1. The molecule has 28 heavy (non-hydrogen) atoms. The highest BCUT2D eigenvalue weighted by Gasteiger charge is 2.29. The van der Waals surface area contributed by atoms with Crippen molar-refractivity contribution in [3.8, 4) is 0 Å². The summed E-state index contributed by atoms with van der Waals surface area (Å²) in [6, 6.07) is 8.75. The lowest BCUT2D eigenvalue weighted by atomic mass is 9.96. The summed E-state index contributed by atoms with van der Waals surface area (Å²) in [5.74, 6) is 1.59. The third kappa shape index (κ3) is 4.57. The molecule has 2 heterocycles. The average Bonchev–Trinajstić information content (AvgIpc) is 3.06. The summed E-state index contributed by atoms with van der Waals surface area (Å²) < 4.78 is 2.35. The molecular weight excluding hydrogens is 348 g/mol. The molecule has 1 aliphatic rings. The fourth-order valence-corrected chi connectivity index (χ4v) is 4.41. The van der Waals surface area contributed by atoms with E-state index in [1.54, 1.807) is 0 Å². The number of imidazole rings is 1. The van der Waals surface area contributed by atoms with Crippen molar-refractivity contribution in [1.29, 1.82) is 0 Å². The van der Waals surface area contributed by atoms with Crippen LogP contribution in [0.5, 0.6) is 0 Å². The number of hydrogen-bond acceptors (Lipinski definition) is 3. The highest BCUT2D eigenvalue weighted by Crippen LogP contribution is 2.25. The first-order valence-corrected chi connectivity index (χ1v) is 11.0. The number of carbonyl (C=O) groups is 1. The summed E-state index contributed by atoms with van der Waals surface area (Å²) in [6.07, 6.45) is 4.32. The molecule has 1 aromatic heterocycles. The number of aromatic nitrogens is 2. The molecule has 5 heteroatoms. The summed E-state index contributed by atoms with van der Waals surface area (Å²) in [7, 11) is 0. The summed E-state index contributed by atoms with van der Waals surface area (Å²) in [5.41, 5.74) is 2.27. The molecule has 1 fully saturated rings. The number of amides is 1. The average molecular weight is 385 g/mol. The Balaban J connectivity index is 1.72. The SMILES string of the molecule is CCCCN(CC)C(=O)[C@H]1CCCN(Cc2nc3ccccc3n2C(C)C)C1. The number of carbonyl (C=O) groups excluding carboxylic acids is 1. The van der Waals surface area contributed by atoms with Gasteiger partial charge in [-0.25, -0.2) is 4.98 Å². The molecule has 1 amide bonds. The Kier molecular flexibility index (Phi) is 7.11. The van der Waals surface area contributed by atoms with Gasteiger partial charge in [0.15, 0.2) is 0 Å². The number of nitrogens with zero attached hydrogens (tertiary/aromatic N) is 4. The van der Waals surface area contributed by atoms with Crippen LogP contribution in [0.4, 0.5) is 0 Å². The third-order valence-electron chi connectivity index (χ3n) is 5.88. The van der Waals surface area contributed by atoms with Gasteiger partial charge in [-0.15, -0.1) is 0 Å². The summed E-state index contributed by atoms with van der Waals surface area (Å²) in [5, 5.41) is 0. The van der Waals surface area contributed by atoms with Gasteiger partial charge in [0.05, 0.1) is 23.5 Å². The second-order valence-corrected chi connectivity index (χ2v) is 8.33. The Bertz CT molecular complexity index is 782. The molecule has 0 saturated carbocycles. The van der Waals surface area contributed by atoms with Crippen molar-refractivity contribution >= 4 is 16.9 Å². The van der Waals surface area contributed by atoms with Gasteiger partial charge in [-0.2, -0.15) is 0 Å². The molecule has 1 atom stereocenters. The van der Waals surface area contributed by atoms with Gasteiger partial charge in [0.2, 0.25) is 5.91 Å². The quantitative estimate of drug-likeness (QED) is 0.674. The van der Waals surface area contributed by atoms with Gasteiger partial charge in [-0.05, 0) is 58.7 Å². The van der Waals surface area contributed by atoms with Crippen LogP contribution in [0.3, 0.4) is 0 Å². The number of para-hydroxylation sites is 2. The lowest BCUT2D eigenvalue weighted by Crippen LogP contribution is -2.45. The van der Waals surface area contributed by atoms with E-state index in [4.69, 9.17) is 4.98 Å². The minimum Gasteiger partial charge on any atom is -0.343 e. The first kappa shape index (κ1) is 20.8. The van der Waals surface area contributed by atoms with Crippen LogP contribution in [0.1, 0.15) is 65.2 Å². The van der Waals surface area contributed by atoms with Crippen LogP contribution in [-0.2, 0) is 11.3 Å². The molecule has 3 rings (SSSR count). The van der Waals surface area contributed by atoms with Crippen LogP contribution in [0.25, 0.3) is 11.0 Å². The van der Waals surface area contributed by atoms with Crippen molar-refractivity contribution in [2.24, 2.45) is 5.92 Å². The van der Waals surface area contributed by atoms with Crippen molar-refractivity contribution < 1.29 is 4.79 Å². The van der Waals surface area contributed by atoms with E-state index >= 15 is 0 Å². The Labute approximate surface area is 169 Å². The fourth-order valence-electron chi connectivity index (χ4n) is 4.41. The maximum absolute atomic E-state index is 13.0. The molecule has 1 saturated heterocycles. The first-order chi connectivity index (χ1) is 13.5. The molecular formula is C23H36N4O. The van der Waals surface area contributed by atoms with E-state index in [9.17, 15) is 4.79 Å². The van der Waals surface area contributed by atoms with Gasteiger partial charge in [0.1, 0.15) is 5.82 Å². The monoisotopic (exact) mass is 384 g/mol. The number of hydrogen-bond donors (Lipinski definition) is 0. The van der Waals surface area contributed by atoms with Gasteiger partial charge in [-0.1, -0.05) is 25.5 Å². The van der Waals surface area contributed by atoms with Crippen LogP contribution in [0.15, 0.2) is 24.3 Å². The minimum absolute atomic E-state index is 0.127. The minimum atomic E-state index is 0.127. The normalized spacial score (nSPS) is 18.1. The van der Waals surface area contributed by atoms with Gasteiger partial charge in [-0.3, -0.25) is 9.69 Å². The van der Waals surface area contributed by atoms with E-state index < -0.39 is 0 Å². The first-order valence-electron chi connectivity index (χ1n) is 11.0. The van der Waals surface area contributed by atoms with E-state index in [1.165, 1.54) is 5.52 Å². The number of benzene rings is 1. The number of piperidine rings is 1.